The van der Waals surface area contributed by atoms with Crippen molar-refractivity contribution in [2.45, 2.75) is 0 Å². The second-order valence-electron chi connectivity index (χ2n) is 3.72. The van der Waals surface area contributed by atoms with Crippen LogP contribution in [0.2, 0.25) is 0 Å². The third kappa shape index (κ3) is 2.67. The number of anilines is 2. The zero-order valence-corrected chi connectivity index (χ0v) is 9.45. The Morgan fingerprint density at radius 1 is 0.947 bits per heavy atom. The summed E-state index contributed by atoms with van der Waals surface area (Å²) in [7, 11) is 0. The van der Waals surface area contributed by atoms with Gasteiger partial charge in [-0.05, 0) is 18.2 Å². The van der Waals surface area contributed by atoms with Crippen molar-refractivity contribution < 1.29 is 23.1 Å². The monoisotopic (exact) mass is 267 g/mol. The van der Waals surface area contributed by atoms with E-state index in [2.05, 4.69) is 5.32 Å². The van der Waals surface area contributed by atoms with Gasteiger partial charge in [-0.15, -0.1) is 0 Å². The van der Waals surface area contributed by atoms with Crippen LogP contribution in [-0.2, 0) is 0 Å². The molecule has 0 unspecified atom stereocenters. The lowest BCUT2D eigenvalue weighted by Gasteiger charge is -2.10. The molecule has 0 saturated heterocycles. The minimum Gasteiger partial charge on any atom is -0.478 e. The number of halogens is 3. The summed E-state index contributed by atoms with van der Waals surface area (Å²) in [6.07, 6.45) is 0. The standard InChI is InChI=1S/C13H8F3NO2/c14-8-3-1-2-4-11(8)17-12-6-10(16)9(15)5-7(12)13(18)19/h1-6,17H,(H,18,19). The number of aromatic carboxylic acids is 1. The molecule has 2 aromatic rings. The number of rotatable bonds is 3. The SMILES string of the molecule is O=C(O)c1cc(F)c(F)cc1Nc1ccccc1F. The number of hydrogen-bond donors (Lipinski definition) is 2. The summed E-state index contributed by atoms with van der Waals surface area (Å²) in [5.41, 5.74) is -0.741. The van der Waals surface area contributed by atoms with Gasteiger partial charge in [-0.1, -0.05) is 12.1 Å². The van der Waals surface area contributed by atoms with E-state index in [0.29, 0.717) is 12.1 Å². The van der Waals surface area contributed by atoms with Gasteiger partial charge in [0.25, 0.3) is 0 Å². The summed E-state index contributed by atoms with van der Waals surface area (Å²) >= 11 is 0. The topological polar surface area (TPSA) is 49.3 Å². The fraction of sp³-hybridized carbons (Fsp3) is 0. The van der Waals surface area contributed by atoms with Crippen molar-refractivity contribution in [2.24, 2.45) is 0 Å². The third-order valence-corrected chi connectivity index (χ3v) is 2.43. The molecule has 0 aliphatic carbocycles. The van der Waals surface area contributed by atoms with Crippen molar-refractivity contribution in [3.63, 3.8) is 0 Å². The number of carboxylic acids is 1. The highest BCUT2D eigenvalue weighted by molar-refractivity contribution is 5.95. The van der Waals surface area contributed by atoms with Crippen LogP contribution in [0.4, 0.5) is 24.5 Å². The second kappa shape index (κ2) is 5.01. The van der Waals surface area contributed by atoms with E-state index in [9.17, 15) is 18.0 Å². The fourth-order valence-corrected chi connectivity index (χ4v) is 1.53. The zero-order chi connectivity index (χ0) is 14.0. The van der Waals surface area contributed by atoms with Crippen LogP contribution in [0.15, 0.2) is 36.4 Å². The van der Waals surface area contributed by atoms with Crippen LogP contribution in [-0.4, -0.2) is 11.1 Å². The summed E-state index contributed by atoms with van der Waals surface area (Å²) in [5.74, 6) is -4.58. The van der Waals surface area contributed by atoms with Crippen LogP contribution in [0.5, 0.6) is 0 Å². The number of carboxylic acid groups (broad SMARTS) is 1. The maximum atomic E-state index is 13.4. The highest BCUT2D eigenvalue weighted by Gasteiger charge is 2.16. The summed E-state index contributed by atoms with van der Waals surface area (Å²) in [4.78, 5) is 10.9. The van der Waals surface area contributed by atoms with Gasteiger partial charge < -0.3 is 10.4 Å². The van der Waals surface area contributed by atoms with Crippen LogP contribution in [0.3, 0.4) is 0 Å². The van der Waals surface area contributed by atoms with Gasteiger partial charge in [-0.2, -0.15) is 0 Å². The molecule has 0 amide bonds. The van der Waals surface area contributed by atoms with Crippen LogP contribution in [0.1, 0.15) is 10.4 Å². The van der Waals surface area contributed by atoms with E-state index < -0.39 is 29.0 Å². The van der Waals surface area contributed by atoms with Gasteiger partial charge in [0.15, 0.2) is 11.6 Å². The third-order valence-electron chi connectivity index (χ3n) is 2.43. The predicted molar refractivity (Wildman–Crippen MR) is 63.0 cm³/mol. The van der Waals surface area contributed by atoms with Gasteiger partial charge in [0.2, 0.25) is 0 Å². The van der Waals surface area contributed by atoms with Crippen molar-refractivity contribution in [3.05, 3.63) is 59.4 Å². The van der Waals surface area contributed by atoms with Crippen LogP contribution in [0, 0.1) is 17.5 Å². The molecule has 2 N–H and O–H groups in total. The number of para-hydroxylation sites is 1. The van der Waals surface area contributed by atoms with E-state index in [0.717, 1.165) is 6.07 Å². The molecule has 0 heterocycles. The first kappa shape index (κ1) is 12.9. The second-order valence-corrected chi connectivity index (χ2v) is 3.72. The molecule has 0 bridgehead atoms. The summed E-state index contributed by atoms with van der Waals surface area (Å²) in [6, 6.07) is 6.69. The first-order valence-electron chi connectivity index (χ1n) is 5.23. The molecule has 0 spiro atoms. The smallest absolute Gasteiger partial charge is 0.337 e. The van der Waals surface area contributed by atoms with Gasteiger partial charge in [0.1, 0.15) is 5.82 Å². The first-order valence-corrected chi connectivity index (χ1v) is 5.23. The Morgan fingerprint density at radius 2 is 1.58 bits per heavy atom. The highest BCUT2D eigenvalue weighted by Crippen LogP contribution is 2.25. The van der Waals surface area contributed by atoms with Crippen LogP contribution < -0.4 is 5.32 Å². The average Bonchev–Trinajstić information content (AvgIpc) is 2.36. The molecule has 0 aliphatic rings. The maximum absolute atomic E-state index is 13.4. The molecule has 19 heavy (non-hydrogen) atoms. The van der Waals surface area contributed by atoms with Gasteiger partial charge in [0.05, 0.1) is 16.9 Å². The molecular weight excluding hydrogens is 259 g/mol. The van der Waals surface area contributed by atoms with Gasteiger partial charge in [0, 0.05) is 6.07 Å². The van der Waals surface area contributed by atoms with Gasteiger partial charge >= 0.3 is 5.97 Å². The van der Waals surface area contributed by atoms with Crippen molar-refractivity contribution >= 4 is 17.3 Å². The minimum absolute atomic E-state index is 0.0315. The molecule has 0 aliphatic heterocycles. The average molecular weight is 267 g/mol. The minimum atomic E-state index is -1.45. The van der Waals surface area contributed by atoms with E-state index in [1.54, 1.807) is 0 Å². The molecule has 2 rings (SSSR count). The van der Waals surface area contributed by atoms with E-state index in [-0.39, 0.29) is 11.4 Å². The molecule has 0 saturated carbocycles. The van der Waals surface area contributed by atoms with Crippen molar-refractivity contribution in [2.75, 3.05) is 5.32 Å². The number of carbonyl (C=O) groups is 1. The lowest BCUT2D eigenvalue weighted by Crippen LogP contribution is -2.05. The molecular formula is C13H8F3NO2. The number of nitrogens with one attached hydrogen (secondary N) is 1. The van der Waals surface area contributed by atoms with E-state index in [1.165, 1.54) is 18.2 Å². The molecule has 0 fully saturated rings. The molecule has 0 aromatic heterocycles. The molecule has 6 heteroatoms. The van der Waals surface area contributed by atoms with E-state index >= 15 is 0 Å². The Balaban J connectivity index is 2.48. The Kier molecular flexibility index (Phi) is 3.41. The van der Waals surface area contributed by atoms with E-state index in [1.807, 2.05) is 0 Å². The largest absolute Gasteiger partial charge is 0.478 e. The van der Waals surface area contributed by atoms with Gasteiger partial charge in [-0.3, -0.25) is 0 Å². The van der Waals surface area contributed by atoms with Gasteiger partial charge in [-0.25, -0.2) is 18.0 Å². The summed E-state index contributed by atoms with van der Waals surface area (Å²) < 4.78 is 39.5. The molecule has 3 nitrogen and oxygen atoms in total. The lowest BCUT2D eigenvalue weighted by atomic mass is 10.1. The Hall–Kier alpha value is -2.50. The lowest BCUT2D eigenvalue weighted by molar-refractivity contribution is 0.0697. The van der Waals surface area contributed by atoms with Crippen molar-refractivity contribution in [1.82, 2.24) is 0 Å². The number of benzene rings is 2. The molecule has 98 valence electrons. The Labute approximate surface area is 106 Å². The van der Waals surface area contributed by atoms with Crippen LogP contribution >= 0.6 is 0 Å². The first-order chi connectivity index (χ1) is 8.99. The highest BCUT2D eigenvalue weighted by atomic mass is 19.2. The Bertz CT molecular complexity index is 644. The summed E-state index contributed by atoms with van der Waals surface area (Å²) in [5, 5.41) is 11.3. The quantitative estimate of drug-likeness (QED) is 0.894. The van der Waals surface area contributed by atoms with Crippen molar-refractivity contribution in [1.29, 1.82) is 0 Å². The van der Waals surface area contributed by atoms with E-state index in [4.69, 9.17) is 5.11 Å². The molecule has 2 aromatic carbocycles. The Morgan fingerprint density at radius 3 is 2.21 bits per heavy atom. The number of hydrogen-bond acceptors (Lipinski definition) is 2. The van der Waals surface area contributed by atoms with Crippen LogP contribution in [0.25, 0.3) is 0 Å². The molecule has 0 radical (unpaired) electrons. The fourth-order valence-electron chi connectivity index (χ4n) is 1.53. The zero-order valence-electron chi connectivity index (χ0n) is 9.45. The molecule has 0 atom stereocenters. The predicted octanol–water partition coefficient (Wildman–Crippen LogP) is 3.55. The van der Waals surface area contributed by atoms with Crippen molar-refractivity contribution in [3.8, 4) is 0 Å². The normalized spacial score (nSPS) is 10.3. The summed E-state index contributed by atoms with van der Waals surface area (Å²) in [6.45, 7) is 0. The maximum Gasteiger partial charge on any atom is 0.337 e.